The molecule has 1 saturated heterocycles. The largest absolute Gasteiger partial charge is 0.326 e. The third kappa shape index (κ3) is 3.63. The van der Waals surface area contributed by atoms with Gasteiger partial charge in [-0.1, -0.05) is 37.3 Å². The molecule has 130 valence electrons. The number of halogens is 1. The number of benzene rings is 2. The van der Waals surface area contributed by atoms with Crippen LogP contribution in [0.5, 0.6) is 0 Å². The fraction of sp³-hybridized carbons (Fsp3) is 0.263. The molecule has 0 spiro atoms. The first kappa shape index (κ1) is 17.0. The first-order chi connectivity index (χ1) is 12.0. The van der Waals surface area contributed by atoms with E-state index in [0.717, 1.165) is 5.56 Å². The van der Waals surface area contributed by atoms with Crippen molar-refractivity contribution in [2.45, 2.75) is 19.9 Å². The quantitative estimate of drug-likeness (QED) is 0.886. The summed E-state index contributed by atoms with van der Waals surface area (Å²) in [6, 6.07) is 13.5. The molecule has 5 nitrogen and oxygen atoms in total. The lowest BCUT2D eigenvalue weighted by Crippen LogP contribution is -2.53. The van der Waals surface area contributed by atoms with Crippen LogP contribution < -0.4 is 10.6 Å². The van der Waals surface area contributed by atoms with Crippen molar-refractivity contribution in [2.24, 2.45) is 5.92 Å². The van der Waals surface area contributed by atoms with Gasteiger partial charge in [0.05, 0.1) is 11.7 Å². The first-order valence-electron chi connectivity index (χ1n) is 8.15. The van der Waals surface area contributed by atoms with Crippen molar-refractivity contribution in [1.29, 1.82) is 0 Å². The molecule has 2 aromatic carbocycles. The van der Waals surface area contributed by atoms with Gasteiger partial charge in [-0.15, -0.1) is 0 Å². The molecule has 1 aliphatic heterocycles. The predicted molar refractivity (Wildman–Crippen MR) is 94.8 cm³/mol. The maximum Gasteiger partial charge on any atom is 0.322 e. The summed E-state index contributed by atoms with van der Waals surface area (Å²) in [7, 11) is 0. The Kier molecular flexibility index (Phi) is 4.70. The lowest BCUT2D eigenvalue weighted by molar-refractivity contribution is -0.114. The van der Waals surface area contributed by atoms with Gasteiger partial charge in [-0.3, -0.25) is 4.79 Å². The second-order valence-electron chi connectivity index (χ2n) is 6.29. The van der Waals surface area contributed by atoms with Crippen LogP contribution >= 0.6 is 0 Å². The molecule has 1 heterocycles. The van der Waals surface area contributed by atoms with Crippen molar-refractivity contribution < 1.29 is 14.0 Å². The number of amides is 3. The van der Waals surface area contributed by atoms with Crippen LogP contribution in [0.3, 0.4) is 0 Å². The minimum atomic E-state index is -0.549. The van der Waals surface area contributed by atoms with Gasteiger partial charge in [0.15, 0.2) is 0 Å². The molecule has 2 N–H and O–H groups in total. The van der Waals surface area contributed by atoms with E-state index in [4.69, 9.17) is 0 Å². The normalized spacial score (nSPS) is 19.1. The van der Waals surface area contributed by atoms with Crippen LogP contribution in [0.1, 0.15) is 25.5 Å². The molecule has 0 aliphatic carbocycles. The van der Waals surface area contributed by atoms with E-state index in [-0.39, 0.29) is 23.7 Å². The Morgan fingerprint density at radius 3 is 2.48 bits per heavy atom. The second-order valence-corrected chi connectivity index (χ2v) is 6.29. The maximum atomic E-state index is 14.0. The number of anilines is 2. The zero-order valence-electron chi connectivity index (χ0n) is 14.1. The van der Waals surface area contributed by atoms with Crippen molar-refractivity contribution in [2.75, 3.05) is 17.2 Å². The third-order valence-corrected chi connectivity index (χ3v) is 4.29. The summed E-state index contributed by atoms with van der Waals surface area (Å²) in [4.78, 5) is 25.4. The molecule has 0 bridgehead atoms. The van der Waals surface area contributed by atoms with Crippen LogP contribution in [0.25, 0.3) is 0 Å². The zero-order chi connectivity index (χ0) is 18.0. The van der Waals surface area contributed by atoms with E-state index in [1.807, 2.05) is 30.3 Å². The molecule has 6 heteroatoms. The van der Waals surface area contributed by atoms with Gasteiger partial charge in [0, 0.05) is 19.2 Å². The van der Waals surface area contributed by atoms with E-state index >= 15 is 0 Å². The average Bonchev–Trinajstić information content (AvgIpc) is 2.56. The Balaban J connectivity index is 1.75. The van der Waals surface area contributed by atoms with Crippen LogP contribution in [0, 0.1) is 11.7 Å². The molecule has 2 atom stereocenters. The lowest BCUT2D eigenvalue weighted by atomic mass is 9.85. The van der Waals surface area contributed by atoms with Crippen molar-refractivity contribution in [3.63, 3.8) is 0 Å². The highest BCUT2D eigenvalue weighted by atomic mass is 19.1. The molecule has 3 rings (SSSR count). The van der Waals surface area contributed by atoms with Gasteiger partial charge in [-0.2, -0.15) is 0 Å². The molecule has 2 aromatic rings. The minimum Gasteiger partial charge on any atom is -0.326 e. The van der Waals surface area contributed by atoms with Gasteiger partial charge in [-0.25, -0.2) is 9.18 Å². The molecular formula is C19H20FN3O2. The Bertz CT molecular complexity index is 795. The van der Waals surface area contributed by atoms with E-state index in [0.29, 0.717) is 18.2 Å². The van der Waals surface area contributed by atoms with Crippen molar-refractivity contribution in [3.05, 3.63) is 59.9 Å². The number of nitrogens with one attached hydrogen (secondary N) is 2. The van der Waals surface area contributed by atoms with Crippen LogP contribution in [-0.4, -0.2) is 23.4 Å². The summed E-state index contributed by atoms with van der Waals surface area (Å²) in [6.45, 7) is 4.06. The summed E-state index contributed by atoms with van der Waals surface area (Å²) in [5, 5.41) is 5.18. The number of nitrogens with zero attached hydrogens (tertiary/aromatic N) is 1. The third-order valence-electron chi connectivity index (χ3n) is 4.29. The van der Waals surface area contributed by atoms with E-state index in [1.54, 1.807) is 4.90 Å². The highest BCUT2D eigenvalue weighted by molar-refractivity contribution is 5.93. The zero-order valence-corrected chi connectivity index (χ0v) is 14.1. The maximum absolute atomic E-state index is 14.0. The second kappa shape index (κ2) is 6.93. The number of hydrogen-bond acceptors (Lipinski definition) is 2. The standard InChI is InChI=1S/C19H20FN3O2/c1-12-11-23(18(12)14-6-4-3-5-7-14)19(25)22-17-10-15(21-13(2)24)8-9-16(17)20/h3-10,12,18H,11H2,1-2H3,(H,21,24)(H,22,25). The molecule has 3 amide bonds. The topological polar surface area (TPSA) is 61.4 Å². The fourth-order valence-electron chi connectivity index (χ4n) is 3.15. The van der Waals surface area contributed by atoms with Crippen LogP contribution in [0.2, 0.25) is 0 Å². The monoisotopic (exact) mass is 341 g/mol. The molecule has 0 saturated carbocycles. The molecule has 1 fully saturated rings. The Morgan fingerprint density at radius 1 is 1.12 bits per heavy atom. The Hall–Kier alpha value is -2.89. The number of carbonyl (C=O) groups is 2. The molecule has 1 aliphatic rings. The predicted octanol–water partition coefficient (Wildman–Crippen LogP) is 4.01. The number of hydrogen-bond donors (Lipinski definition) is 2. The van der Waals surface area contributed by atoms with Crippen molar-refractivity contribution in [1.82, 2.24) is 4.90 Å². The van der Waals surface area contributed by atoms with Gasteiger partial charge >= 0.3 is 6.03 Å². The molecular weight excluding hydrogens is 321 g/mol. The van der Waals surface area contributed by atoms with Gasteiger partial charge in [0.1, 0.15) is 5.82 Å². The smallest absolute Gasteiger partial charge is 0.322 e. The van der Waals surface area contributed by atoms with E-state index < -0.39 is 5.82 Å². The summed E-state index contributed by atoms with van der Waals surface area (Å²) in [5.74, 6) is -0.472. The van der Waals surface area contributed by atoms with Crippen LogP contribution in [0.15, 0.2) is 48.5 Å². The number of likely N-dealkylation sites (tertiary alicyclic amines) is 1. The van der Waals surface area contributed by atoms with Gasteiger partial charge in [0.25, 0.3) is 0 Å². The van der Waals surface area contributed by atoms with Crippen LogP contribution in [0.4, 0.5) is 20.6 Å². The highest BCUT2D eigenvalue weighted by Crippen LogP contribution is 2.38. The van der Waals surface area contributed by atoms with Gasteiger partial charge < -0.3 is 15.5 Å². The fourth-order valence-corrected chi connectivity index (χ4v) is 3.15. The Morgan fingerprint density at radius 2 is 1.84 bits per heavy atom. The summed E-state index contributed by atoms with van der Waals surface area (Å²) in [5.41, 5.74) is 1.53. The first-order valence-corrected chi connectivity index (χ1v) is 8.15. The molecule has 2 unspecified atom stereocenters. The molecule has 0 aromatic heterocycles. The number of carbonyl (C=O) groups excluding carboxylic acids is 2. The summed E-state index contributed by atoms with van der Waals surface area (Å²) >= 11 is 0. The molecule has 25 heavy (non-hydrogen) atoms. The molecule has 0 radical (unpaired) electrons. The van der Waals surface area contributed by atoms with Gasteiger partial charge in [-0.05, 0) is 29.7 Å². The Labute approximate surface area is 145 Å². The average molecular weight is 341 g/mol. The van der Waals surface area contributed by atoms with Crippen LogP contribution in [-0.2, 0) is 4.79 Å². The summed E-state index contributed by atoms with van der Waals surface area (Å²) in [6.07, 6.45) is 0. The summed E-state index contributed by atoms with van der Waals surface area (Å²) < 4.78 is 14.0. The lowest BCUT2D eigenvalue weighted by Gasteiger charge is -2.46. The van der Waals surface area contributed by atoms with Crippen molar-refractivity contribution in [3.8, 4) is 0 Å². The SMILES string of the molecule is CC(=O)Nc1ccc(F)c(NC(=O)N2CC(C)C2c2ccccc2)c1. The minimum absolute atomic E-state index is 0.0252. The van der Waals surface area contributed by atoms with Crippen molar-refractivity contribution >= 4 is 23.3 Å². The van der Waals surface area contributed by atoms with E-state index in [1.165, 1.54) is 25.1 Å². The number of rotatable bonds is 3. The highest BCUT2D eigenvalue weighted by Gasteiger charge is 2.40. The van der Waals surface area contributed by atoms with E-state index in [2.05, 4.69) is 17.6 Å². The number of urea groups is 1. The van der Waals surface area contributed by atoms with Gasteiger partial charge in [0.2, 0.25) is 5.91 Å². The van der Waals surface area contributed by atoms with E-state index in [9.17, 15) is 14.0 Å².